The zero-order valence-electron chi connectivity index (χ0n) is 8.32. The van der Waals surface area contributed by atoms with Crippen LogP contribution >= 0.6 is 0 Å². The van der Waals surface area contributed by atoms with Crippen LogP contribution in [0.2, 0.25) is 0 Å². The number of carbonyl (C=O) groups excluding carboxylic acids is 2. The highest BCUT2D eigenvalue weighted by molar-refractivity contribution is 5.93. The SMILES string of the molecule is C=C(NC(C)=O)C(=O)Oc1ccccc1. The Morgan fingerprint density at radius 3 is 2.40 bits per heavy atom. The molecule has 1 amide bonds. The van der Waals surface area contributed by atoms with Gasteiger partial charge in [0.05, 0.1) is 0 Å². The molecule has 1 rings (SSSR count). The van der Waals surface area contributed by atoms with Gasteiger partial charge in [-0.1, -0.05) is 24.8 Å². The van der Waals surface area contributed by atoms with Crippen LogP contribution in [0.1, 0.15) is 6.92 Å². The summed E-state index contributed by atoms with van der Waals surface area (Å²) < 4.78 is 4.92. The first-order valence-electron chi connectivity index (χ1n) is 4.33. The fraction of sp³-hybridized carbons (Fsp3) is 0.0909. The average Bonchev–Trinajstić information content (AvgIpc) is 2.18. The van der Waals surface area contributed by atoms with Crippen molar-refractivity contribution in [2.45, 2.75) is 6.92 Å². The Balaban J connectivity index is 2.56. The zero-order valence-corrected chi connectivity index (χ0v) is 8.32. The molecule has 0 aromatic heterocycles. The van der Waals surface area contributed by atoms with Gasteiger partial charge >= 0.3 is 5.97 Å². The summed E-state index contributed by atoms with van der Waals surface area (Å²) in [6.07, 6.45) is 0. The number of benzene rings is 1. The fourth-order valence-electron chi connectivity index (χ4n) is 0.921. The Morgan fingerprint density at radius 2 is 1.87 bits per heavy atom. The van der Waals surface area contributed by atoms with Crippen molar-refractivity contribution in [3.8, 4) is 5.75 Å². The molecule has 0 saturated carbocycles. The molecule has 0 spiro atoms. The lowest BCUT2D eigenvalue weighted by Crippen LogP contribution is -2.26. The largest absolute Gasteiger partial charge is 0.422 e. The maximum absolute atomic E-state index is 11.3. The monoisotopic (exact) mass is 205 g/mol. The molecule has 0 atom stereocenters. The van der Waals surface area contributed by atoms with E-state index in [0.29, 0.717) is 5.75 Å². The fourth-order valence-corrected chi connectivity index (χ4v) is 0.921. The van der Waals surface area contributed by atoms with Crippen LogP contribution in [0.15, 0.2) is 42.6 Å². The van der Waals surface area contributed by atoms with Crippen molar-refractivity contribution in [2.75, 3.05) is 0 Å². The standard InChI is InChI=1S/C11H11NO3/c1-8(12-9(2)13)11(14)15-10-6-4-3-5-7-10/h3-7H,1H2,2H3,(H,12,13). The van der Waals surface area contributed by atoms with Crippen LogP contribution in [0.25, 0.3) is 0 Å². The zero-order chi connectivity index (χ0) is 11.3. The van der Waals surface area contributed by atoms with Crippen LogP contribution in [-0.4, -0.2) is 11.9 Å². The minimum absolute atomic E-state index is 0.0775. The molecule has 0 fully saturated rings. The number of nitrogens with one attached hydrogen (secondary N) is 1. The molecular formula is C11H11NO3. The molecule has 0 radical (unpaired) electrons. The van der Waals surface area contributed by atoms with Gasteiger partial charge in [-0.2, -0.15) is 0 Å². The first kappa shape index (κ1) is 11.0. The number of hydrogen-bond donors (Lipinski definition) is 1. The summed E-state index contributed by atoms with van der Waals surface area (Å²) in [6, 6.07) is 8.56. The highest BCUT2D eigenvalue weighted by atomic mass is 16.5. The van der Waals surface area contributed by atoms with Crippen LogP contribution in [0.3, 0.4) is 0 Å². The molecule has 78 valence electrons. The van der Waals surface area contributed by atoms with E-state index < -0.39 is 5.97 Å². The number of carbonyl (C=O) groups is 2. The van der Waals surface area contributed by atoms with Crippen molar-refractivity contribution in [2.24, 2.45) is 0 Å². The Bertz CT molecular complexity index is 384. The smallest absolute Gasteiger partial charge is 0.359 e. The van der Waals surface area contributed by atoms with Gasteiger partial charge in [-0.15, -0.1) is 0 Å². The Hall–Kier alpha value is -2.10. The van der Waals surface area contributed by atoms with E-state index in [1.165, 1.54) is 6.92 Å². The third-order valence-electron chi connectivity index (χ3n) is 1.53. The Morgan fingerprint density at radius 1 is 1.27 bits per heavy atom. The number of para-hydroxylation sites is 1. The molecule has 0 unspecified atom stereocenters. The molecule has 4 heteroatoms. The summed E-state index contributed by atoms with van der Waals surface area (Å²) in [5.41, 5.74) is -0.0775. The topological polar surface area (TPSA) is 55.4 Å². The van der Waals surface area contributed by atoms with E-state index in [1.807, 2.05) is 0 Å². The molecule has 1 N–H and O–H groups in total. The quantitative estimate of drug-likeness (QED) is 0.459. The molecule has 0 aliphatic carbocycles. The van der Waals surface area contributed by atoms with Gasteiger partial charge in [0.1, 0.15) is 11.4 Å². The minimum atomic E-state index is -0.670. The summed E-state index contributed by atoms with van der Waals surface area (Å²) >= 11 is 0. The van der Waals surface area contributed by atoms with E-state index >= 15 is 0 Å². The minimum Gasteiger partial charge on any atom is -0.422 e. The third kappa shape index (κ3) is 3.64. The molecule has 0 bridgehead atoms. The van der Waals surface area contributed by atoms with Crippen LogP contribution in [-0.2, 0) is 9.59 Å². The Kier molecular flexibility index (Phi) is 3.62. The molecule has 4 nitrogen and oxygen atoms in total. The van der Waals surface area contributed by atoms with E-state index in [4.69, 9.17) is 4.74 Å². The van der Waals surface area contributed by atoms with Crippen LogP contribution in [0.5, 0.6) is 5.75 Å². The van der Waals surface area contributed by atoms with Gasteiger partial charge in [0.2, 0.25) is 5.91 Å². The molecule has 0 aliphatic heterocycles. The van der Waals surface area contributed by atoms with Crippen molar-refractivity contribution in [3.63, 3.8) is 0 Å². The highest BCUT2D eigenvalue weighted by Crippen LogP contribution is 2.09. The van der Waals surface area contributed by atoms with Gasteiger partial charge in [-0.05, 0) is 12.1 Å². The van der Waals surface area contributed by atoms with Gasteiger partial charge in [-0.25, -0.2) is 4.79 Å². The van der Waals surface area contributed by atoms with Crippen molar-refractivity contribution in [1.82, 2.24) is 5.32 Å². The molecule has 1 aromatic rings. The van der Waals surface area contributed by atoms with E-state index in [2.05, 4.69) is 11.9 Å². The van der Waals surface area contributed by atoms with E-state index in [1.54, 1.807) is 30.3 Å². The van der Waals surface area contributed by atoms with Crippen LogP contribution < -0.4 is 10.1 Å². The van der Waals surface area contributed by atoms with Crippen LogP contribution in [0.4, 0.5) is 0 Å². The summed E-state index contributed by atoms with van der Waals surface area (Å²) in [7, 11) is 0. The third-order valence-corrected chi connectivity index (χ3v) is 1.53. The second-order valence-corrected chi connectivity index (χ2v) is 2.86. The summed E-state index contributed by atoms with van der Waals surface area (Å²) in [5.74, 6) is -0.615. The molecular weight excluding hydrogens is 194 g/mol. The van der Waals surface area contributed by atoms with Gasteiger partial charge in [-0.3, -0.25) is 4.79 Å². The average molecular weight is 205 g/mol. The maximum atomic E-state index is 11.3. The molecule has 0 heterocycles. The molecule has 1 aromatic carbocycles. The van der Waals surface area contributed by atoms with E-state index in [0.717, 1.165) is 0 Å². The highest BCUT2D eigenvalue weighted by Gasteiger charge is 2.10. The summed E-state index contributed by atoms with van der Waals surface area (Å²) in [6.45, 7) is 4.68. The van der Waals surface area contributed by atoms with Gasteiger partial charge < -0.3 is 10.1 Å². The Labute approximate surface area is 87.6 Å². The van der Waals surface area contributed by atoms with E-state index in [-0.39, 0.29) is 11.6 Å². The molecule has 0 saturated heterocycles. The van der Waals surface area contributed by atoms with Gasteiger partial charge in [0.25, 0.3) is 0 Å². The van der Waals surface area contributed by atoms with Gasteiger partial charge in [0, 0.05) is 6.92 Å². The number of ether oxygens (including phenoxy) is 1. The predicted octanol–water partition coefficient (Wildman–Crippen LogP) is 1.24. The number of hydrogen-bond acceptors (Lipinski definition) is 3. The number of esters is 1. The summed E-state index contributed by atoms with van der Waals surface area (Å²) in [5, 5.41) is 2.25. The maximum Gasteiger partial charge on any atom is 0.359 e. The molecule has 15 heavy (non-hydrogen) atoms. The lowest BCUT2D eigenvalue weighted by molar-refractivity contribution is -0.132. The van der Waals surface area contributed by atoms with Crippen molar-refractivity contribution >= 4 is 11.9 Å². The lowest BCUT2D eigenvalue weighted by Gasteiger charge is -2.06. The second kappa shape index (κ2) is 4.95. The normalized spacial score (nSPS) is 9.13. The van der Waals surface area contributed by atoms with Crippen LogP contribution in [0, 0.1) is 0 Å². The lowest BCUT2D eigenvalue weighted by atomic mass is 10.3. The summed E-state index contributed by atoms with van der Waals surface area (Å²) in [4.78, 5) is 21.9. The van der Waals surface area contributed by atoms with Gasteiger partial charge in [0.15, 0.2) is 0 Å². The van der Waals surface area contributed by atoms with Crippen molar-refractivity contribution in [1.29, 1.82) is 0 Å². The second-order valence-electron chi connectivity index (χ2n) is 2.86. The molecule has 0 aliphatic rings. The number of rotatable bonds is 3. The first-order chi connectivity index (χ1) is 7.09. The van der Waals surface area contributed by atoms with Crippen molar-refractivity contribution in [3.05, 3.63) is 42.6 Å². The van der Waals surface area contributed by atoms with Crippen molar-refractivity contribution < 1.29 is 14.3 Å². The van der Waals surface area contributed by atoms with E-state index in [9.17, 15) is 9.59 Å². The predicted molar refractivity (Wildman–Crippen MR) is 55.0 cm³/mol. The number of amides is 1. The first-order valence-corrected chi connectivity index (χ1v) is 4.33.